The van der Waals surface area contributed by atoms with Gasteiger partial charge < -0.3 is 5.73 Å². The van der Waals surface area contributed by atoms with Crippen LogP contribution in [0.15, 0.2) is 18.2 Å². The summed E-state index contributed by atoms with van der Waals surface area (Å²) in [6.45, 7) is -1.67. The molecule has 1 aromatic rings. The number of nitrogens with two attached hydrogens (primary N) is 1. The summed E-state index contributed by atoms with van der Waals surface area (Å²) in [5, 5.41) is 0.210. The highest BCUT2D eigenvalue weighted by molar-refractivity contribution is 7.90. The maximum absolute atomic E-state index is 12.0. The Hall–Kier alpha value is -1.19. The number of hydrogen-bond donors (Lipinski definition) is 2. The van der Waals surface area contributed by atoms with Gasteiger partial charge in [-0.25, -0.2) is 0 Å². The maximum atomic E-state index is 12.0. The van der Waals surface area contributed by atoms with Crippen molar-refractivity contribution in [3.63, 3.8) is 0 Å². The normalized spacial score (nSPS) is 12.5. The van der Waals surface area contributed by atoms with Gasteiger partial charge in [0.25, 0.3) is 0 Å². The standard InChI is InChI=1S/C9H11ClF3N3O2S/c1-16(8-4-6(10)2-3-7(8)14)19(17,18)15-5-9(11,12)13/h2-4,15H,5,14H2,1H3. The van der Waals surface area contributed by atoms with Gasteiger partial charge in [-0.1, -0.05) is 11.6 Å². The Balaban J connectivity index is 2.98. The Labute approximate surface area is 113 Å². The average Bonchev–Trinajstić information content (AvgIpc) is 2.28. The van der Waals surface area contributed by atoms with Gasteiger partial charge >= 0.3 is 16.4 Å². The molecule has 0 aliphatic heterocycles. The summed E-state index contributed by atoms with van der Waals surface area (Å²) in [7, 11) is -3.29. The second-order valence-corrected chi connectivity index (χ2v) is 5.83. The van der Waals surface area contributed by atoms with Crippen LogP contribution in [0.2, 0.25) is 5.02 Å². The van der Waals surface area contributed by atoms with Gasteiger partial charge in [-0.15, -0.1) is 0 Å². The monoisotopic (exact) mass is 317 g/mol. The Morgan fingerprint density at radius 1 is 1.42 bits per heavy atom. The van der Waals surface area contributed by atoms with Crippen molar-refractivity contribution in [3.05, 3.63) is 23.2 Å². The number of alkyl halides is 3. The van der Waals surface area contributed by atoms with Crippen molar-refractivity contribution in [3.8, 4) is 0 Å². The molecule has 0 unspecified atom stereocenters. The van der Waals surface area contributed by atoms with E-state index in [4.69, 9.17) is 17.3 Å². The van der Waals surface area contributed by atoms with Gasteiger partial charge in [0.1, 0.15) is 6.54 Å². The van der Waals surface area contributed by atoms with Crippen LogP contribution in [0.5, 0.6) is 0 Å². The number of benzene rings is 1. The van der Waals surface area contributed by atoms with Crippen molar-refractivity contribution in [2.75, 3.05) is 23.6 Å². The molecule has 0 atom stereocenters. The van der Waals surface area contributed by atoms with Gasteiger partial charge in [-0.2, -0.15) is 26.3 Å². The second kappa shape index (κ2) is 5.43. The fourth-order valence-electron chi connectivity index (χ4n) is 1.19. The molecular formula is C9H11ClF3N3O2S. The van der Waals surface area contributed by atoms with Crippen LogP contribution in [0.25, 0.3) is 0 Å². The van der Waals surface area contributed by atoms with Crippen LogP contribution in [0.4, 0.5) is 24.5 Å². The quantitative estimate of drug-likeness (QED) is 0.831. The minimum absolute atomic E-state index is 0.0119. The highest BCUT2D eigenvalue weighted by Crippen LogP contribution is 2.27. The van der Waals surface area contributed by atoms with Gasteiger partial charge in [-0.3, -0.25) is 4.31 Å². The van der Waals surface area contributed by atoms with Crippen molar-refractivity contribution < 1.29 is 21.6 Å². The predicted octanol–water partition coefficient (Wildman–Crippen LogP) is 1.76. The summed E-state index contributed by atoms with van der Waals surface area (Å²) in [4.78, 5) is 0. The van der Waals surface area contributed by atoms with Crippen LogP contribution in [-0.2, 0) is 10.2 Å². The molecule has 0 aliphatic carbocycles. The molecular weight excluding hydrogens is 307 g/mol. The molecule has 0 aliphatic rings. The van der Waals surface area contributed by atoms with Crippen LogP contribution < -0.4 is 14.8 Å². The van der Waals surface area contributed by atoms with E-state index in [1.807, 2.05) is 0 Å². The third-order valence-electron chi connectivity index (χ3n) is 2.15. The summed E-state index contributed by atoms with van der Waals surface area (Å²) < 4.78 is 61.3. The molecule has 0 saturated heterocycles. The van der Waals surface area contributed by atoms with Crippen molar-refractivity contribution >= 4 is 33.2 Å². The van der Waals surface area contributed by atoms with Crippen LogP contribution in [0.1, 0.15) is 0 Å². The van der Waals surface area contributed by atoms with E-state index in [2.05, 4.69) is 0 Å². The largest absolute Gasteiger partial charge is 0.402 e. The molecule has 19 heavy (non-hydrogen) atoms. The van der Waals surface area contributed by atoms with Crippen molar-refractivity contribution in [1.82, 2.24) is 4.72 Å². The van der Waals surface area contributed by atoms with E-state index in [1.54, 1.807) is 0 Å². The molecule has 1 aromatic carbocycles. The van der Waals surface area contributed by atoms with Gasteiger partial charge in [0.05, 0.1) is 11.4 Å². The number of nitrogen functional groups attached to an aromatic ring is 1. The topological polar surface area (TPSA) is 75.4 Å². The van der Waals surface area contributed by atoms with Gasteiger partial charge in [0.2, 0.25) is 0 Å². The molecule has 10 heteroatoms. The van der Waals surface area contributed by atoms with E-state index in [0.717, 1.165) is 7.05 Å². The summed E-state index contributed by atoms with van der Waals surface area (Å²) in [6, 6.07) is 4.03. The number of nitrogens with zero attached hydrogens (tertiary/aromatic N) is 1. The number of halogens is 4. The highest BCUT2D eigenvalue weighted by atomic mass is 35.5. The molecule has 108 valence electrons. The van der Waals surface area contributed by atoms with E-state index in [9.17, 15) is 21.6 Å². The lowest BCUT2D eigenvalue weighted by atomic mass is 10.3. The first kappa shape index (κ1) is 15.9. The van der Waals surface area contributed by atoms with Crippen molar-refractivity contribution in [2.45, 2.75) is 6.18 Å². The SMILES string of the molecule is CN(c1cc(Cl)ccc1N)S(=O)(=O)NCC(F)(F)F. The zero-order chi connectivity index (χ0) is 14.8. The number of hydrogen-bond acceptors (Lipinski definition) is 3. The number of nitrogens with one attached hydrogen (secondary N) is 1. The lowest BCUT2D eigenvalue weighted by Gasteiger charge is -2.21. The van der Waals surface area contributed by atoms with E-state index in [-0.39, 0.29) is 16.4 Å². The Morgan fingerprint density at radius 2 is 2.00 bits per heavy atom. The van der Waals surface area contributed by atoms with Gasteiger partial charge in [-0.05, 0) is 18.2 Å². The molecule has 0 fully saturated rings. The number of anilines is 2. The summed E-state index contributed by atoms with van der Waals surface area (Å²) in [6.07, 6.45) is -4.65. The highest BCUT2D eigenvalue weighted by Gasteiger charge is 2.31. The van der Waals surface area contributed by atoms with E-state index in [0.29, 0.717) is 4.31 Å². The Morgan fingerprint density at radius 3 is 2.53 bits per heavy atom. The van der Waals surface area contributed by atoms with Crippen molar-refractivity contribution in [2.24, 2.45) is 0 Å². The number of rotatable bonds is 4. The fraction of sp³-hybridized carbons (Fsp3) is 0.333. The third kappa shape index (κ3) is 4.44. The molecule has 0 spiro atoms. The molecule has 1 rings (SSSR count). The molecule has 3 N–H and O–H groups in total. The molecule has 0 amide bonds. The summed E-state index contributed by atoms with van der Waals surface area (Å²) in [5.41, 5.74) is 5.62. The van der Waals surface area contributed by atoms with Crippen molar-refractivity contribution in [1.29, 1.82) is 0 Å². The maximum Gasteiger partial charge on any atom is 0.402 e. The predicted molar refractivity (Wildman–Crippen MR) is 67.2 cm³/mol. The van der Waals surface area contributed by atoms with E-state index in [1.165, 1.54) is 22.9 Å². The lowest BCUT2D eigenvalue weighted by molar-refractivity contribution is -0.121. The Kier molecular flexibility index (Phi) is 4.54. The fourth-order valence-corrected chi connectivity index (χ4v) is 2.31. The molecule has 0 bridgehead atoms. The van der Waals surface area contributed by atoms with Crippen LogP contribution in [0, 0.1) is 0 Å². The summed E-state index contributed by atoms with van der Waals surface area (Å²) in [5.74, 6) is 0. The second-order valence-electron chi connectivity index (χ2n) is 3.61. The first-order valence-electron chi connectivity index (χ1n) is 4.88. The minimum atomic E-state index is -4.65. The third-order valence-corrected chi connectivity index (χ3v) is 3.81. The molecule has 0 saturated carbocycles. The first-order valence-corrected chi connectivity index (χ1v) is 6.70. The Bertz CT molecular complexity index is 562. The van der Waals surface area contributed by atoms with Crippen LogP contribution in [-0.4, -0.2) is 28.2 Å². The average molecular weight is 318 g/mol. The zero-order valence-corrected chi connectivity index (χ0v) is 11.3. The van der Waals surface area contributed by atoms with Crippen LogP contribution >= 0.6 is 11.6 Å². The first-order chi connectivity index (χ1) is 8.53. The lowest BCUT2D eigenvalue weighted by Crippen LogP contribution is -2.42. The molecule has 0 aromatic heterocycles. The van der Waals surface area contributed by atoms with Gasteiger partial charge in [0.15, 0.2) is 0 Å². The van der Waals surface area contributed by atoms with E-state index >= 15 is 0 Å². The molecule has 0 radical (unpaired) electrons. The smallest absolute Gasteiger partial charge is 0.397 e. The molecule has 5 nitrogen and oxygen atoms in total. The molecule has 0 heterocycles. The van der Waals surface area contributed by atoms with Crippen LogP contribution in [0.3, 0.4) is 0 Å². The van der Waals surface area contributed by atoms with E-state index < -0.39 is 22.9 Å². The van der Waals surface area contributed by atoms with Gasteiger partial charge in [0, 0.05) is 12.1 Å². The summed E-state index contributed by atoms with van der Waals surface area (Å²) >= 11 is 5.68. The zero-order valence-electron chi connectivity index (χ0n) is 9.70. The minimum Gasteiger partial charge on any atom is -0.397 e.